The van der Waals surface area contributed by atoms with Crippen LogP contribution in [0.3, 0.4) is 0 Å². The molecule has 0 unspecified atom stereocenters. The number of thioether (sulfide) groups is 1. The molecule has 9 nitrogen and oxygen atoms in total. The predicted octanol–water partition coefficient (Wildman–Crippen LogP) is 3.27. The van der Waals surface area contributed by atoms with Crippen molar-refractivity contribution >= 4 is 35.7 Å². The van der Waals surface area contributed by atoms with Crippen LogP contribution in [-0.2, 0) is 41.8 Å². The van der Waals surface area contributed by atoms with Crippen molar-refractivity contribution in [2.45, 2.75) is 56.2 Å². The van der Waals surface area contributed by atoms with E-state index in [2.05, 4.69) is 5.32 Å². The van der Waals surface area contributed by atoms with Crippen LogP contribution in [0, 0.1) is 5.92 Å². The summed E-state index contributed by atoms with van der Waals surface area (Å²) in [6.07, 6.45) is -0.746. The maximum atomic E-state index is 12.9. The average molecular weight is 527 g/mol. The van der Waals surface area contributed by atoms with Crippen molar-refractivity contribution < 1.29 is 33.4 Å². The Hall–Kier alpha value is -3.53. The van der Waals surface area contributed by atoms with E-state index < -0.39 is 40.8 Å². The Balaban J connectivity index is 1.24. The van der Waals surface area contributed by atoms with Crippen LogP contribution in [0.2, 0.25) is 0 Å². The lowest BCUT2D eigenvalue weighted by atomic mass is 9.92. The second kappa shape index (κ2) is 11.2. The van der Waals surface area contributed by atoms with E-state index in [0.717, 1.165) is 11.1 Å². The lowest BCUT2D eigenvalue weighted by molar-refractivity contribution is -0.171. The van der Waals surface area contributed by atoms with Gasteiger partial charge in [-0.3, -0.25) is 4.79 Å². The maximum Gasteiger partial charge on any atom is 0.408 e. The summed E-state index contributed by atoms with van der Waals surface area (Å²) in [5.74, 6) is -1.97. The van der Waals surface area contributed by atoms with Gasteiger partial charge in [0, 0.05) is 4.75 Å². The molecule has 0 saturated carbocycles. The van der Waals surface area contributed by atoms with E-state index >= 15 is 0 Å². The highest BCUT2D eigenvalue weighted by Gasteiger charge is 2.64. The van der Waals surface area contributed by atoms with E-state index in [-0.39, 0.29) is 31.1 Å². The summed E-state index contributed by atoms with van der Waals surface area (Å²) in [6, 6.07) is 16.8. The van der Waals surface area contributed by atoms with Crippen LogP contribution in [-0.4, -0.2) is 57.7 Å². The number of rotatable bonds is 9. The van der Waals surface area contributed by atoms with Crippen LogP contribution in [0.25, 0.3) is 0 Å². The number of benzene rings is 2. The van der Waals surface area contributed by atoms with Crippen LogP contribution < -0.4 is 5.32 Å². The number of nitrogens with zero attached hydrogens (tertiary/aromatic N) is 1. The molecule has 2 saturated heterocycles. The fourth-order valence-corrected chi connectivity index (χ4v) is 5.99. The highest BCUT2D eigenvalue weighted by atomic mass is 32.2. The minimum atomic E-state index is -0.956. The lowest BCUT2D eigenvalue weighted by Crippen LogP contribution is -2.64. The normalized spacial score (nSPS) is 22.3. The van der Waals surface area contributed by atoms with Crippen molar-refractivity contribution in [2.75, 3.05) is 6.61 Å². The molecular weight excluding hydrogens is 496 g/mol. The molecule has 0 spiro atoms. The van der Waals surface area contributed by atoms with Crippen molar-refractivity contribution in [3.63, 3.8) is 0 Å². The average Bonchev–Trinajstić information content (AvgIpc) is 3.14. The molecule has 4 rings (SSSR count). The molecule has 2 fully saturated rings. The monoisotopic (exact) mass is 526 g/mol. The molecular formula is C27H30N2O7S. The molecule has 2 aliphatic rings. The maximum absolute atomic E-state index is 12.9. The smallest absolute Gasteiger partial charge is 0.408 e. The third-order valence-electron chi connectivity index (χ3n) is 6.30. The van der Waals surface area contributed by atoms with Crippen LogP contribution in [0.15, 0.2) is 60.7 Å². The van der Waals surface area contributed by atoms with Gasteiger partial charge in [-0.15, -0.1) is 11.8 Å². The van der Waals surface area contributed by atoms with Gasteiger partial charge in [-0.1, -0.05) is 60.7 Å². The number of hydrogen-bond acceptors (Lipinski definition) is 8. The summed E-state index contributed by atoms with van der Waals surface area (Å²) >= 11 is 1.49. The van der Waals surface area contributed by atoms with Gasteiger partial charge in [-0.2, -0.15) is 0 Å². The molecule has 0 aliphatic carbocycles. The minimum Gasteiger partial charge on any atom is -0.463 e. The molecule has 196 valence electrons. The first-order valence-corrected chi connectivity index (χ1v) is 12.9. The van der Waals surface area contributed by atoms with Crippen LogP contribution >= 0.6 is 11.8 Å². The number of ether oxygens (including phenoxy) is 3. The third kappa shape index (κ3) is 6.07. The number of carbonyl (C=O) groups excluding carboxylic acids is 4. The molecule has 2 heterocycles. The van der Waals surface area contributed by atoms with Gasteiger partial charge >= 0.3 is 18.0 Å². The summed E-state index contributed by atoms with van der Waals surface area (Å²) in [5.41, 5.74) is 1.68. The topological polar surface area (TPSA) is 111 Å². The van der Waals surface area contributed by atoms with Gasteiger partial charge in [0.2, 0.25) is 5.91 Å². The molecule has 2 aliphatic heterocycles. The highest BCUT2D eigenvalue weighted by molar-refractivity contribution is 8.01. The van der Waals surface area contributed by atoms with Gasteiger partial charge in [0.25, 0.3) is 0 Å². The minimum absolute atomic E-state index is 0.0739. The Morgan fingerprint density at radius 3 is 2.11 bits per heavy atom. The van der Waals surface area contributed by atoms with Gasteiger partial charge in [-0.05, 0) is 31.9 Å². The number of nitrogens with one attached hydrogen (secondary N) is 1. The number of alkyl carbamates (subject to hydrolysis) is 1. The van der Waals surface area contributed by atoms with Crippen molar-refractivity contribution in [2.24, 2.45) is 5.92 Å². The van der Waals surface area contributed by atoms with Gasteiger partial charge in [0.1, 0.15) is 37.8 Å². The fraction of sp³-hybridized carbons (Fsp3) is 0.407. The van der Waals surface area contributed by atoms with Crippen molar-refractivity contribution in [3.05, 3.63) is 71.8 Å². The second-order valence-electron chi connectivity index (χ2n) is 9.52. The Morgan fingerprint density at radius 1 is 0.946 bits per heavy atom. The zero-order valence-corrected chi connectivity index (χ0v) is 21.7. The number of esters is 2. The summed E-state index contributed by atoms with van der Waals surface area (Å²) in [5, 5.41) is 2.13. The van der Waals surface area contributed by atoms with Crippen LogP contribution in [0.5, 0.6) is 0 Å². The Labute approximate surface area is 219 Å². The SMILES string of the molecule is C[C@H](NC(=O)OCc1ccccc1)C(=O)OC[C@@H]1C(=O)N2[C@@H]1SC(C)(C)[C@@H]2C(=O)OCc1ccccc1. The summed E-state index contributed by atoms with van der Waals surface area (Å²) in [4.78, 5) is 51.8. The highest BCUT2D eigenvalue weighted by Crippen LogP contribution is 2.53. The lowest BCUT2D eigenvalue weighted by Gasteiger charge is -2.43. The molecule has 10 heteroatoms. The predicted molar refractivity (Wildman–Crippen MR) is 136 cm³/mol. The molecule has 0 aromatic heterocycles. The van der Waals surface area contributed by atoms with E-state index in [1.54, 1.807) is 0 Å². The first kappa shape index (κ1) is 26.5. The molecule has 4 atom stereocenters. The van der Waals surface area contributed by atoms with Gasteiger partial charge in [-0.25, -0.2) is 14.4 Å². The summed E-state index contributed by atoms with van der Waals surface area (Å²) in [7, 11) is 0. The van der Waals surface area contributed by atoms with E-state index in [4.69, 9.17) is 14.2 Å². The van der Waals surface area contributed by atoms with E-state index in [0.29, 0.717) is 0 Å². The van der Waals surface area contributed by atoms with Crippen molar-refractivity contribution in [1.29, 1.82) is 0 Å². The number of amides is 2. The largest absolute Gasteiger partial charge is 0.463 e. The third-order valence-corrected chi connectivity index (χ3v) is 7.93. The van der Waals surface area contributed by atoms with E-state index in [1.807, 2.05) is 74.5 Å². The first-order chi connectivity index (χ1) is 17.7. The summed E-state index contributed by atoms with van der Waals surface area (Å²) in [6.45, 7) is 5.33. The molecule has 2 aromatic carbocycles. The molecule has 2 aromatic rings. The van der Waals surface area contributed by atoms with Gasteiger partial charge in [0.15, 0.2) is 0 Å². The van der Waals surface area contributed by atoms with E-state index in [1.165, 1.54) is 23.6 Å². The van der Waals surface area contributed by atoms with Gasteiger partial charge < -0.3 is 24.4 Å². The molecule has 2 amide bonds. The van der Waals surface area contributed by atoms with Crippen LogP contribution in [0.1, 0.15) is 31.9 Å². The number of carbonyl (C=O) groups is 4. The molecule has 37 heavy (non-hydrogen) atoms. The molecule has 0 bridgehead atoms. The van der Waals surface area contributed by atoms with Crippen molar-refractivity contribution in [1.82, 2.24) is 10.2 Å². The quantitative estimate of drug-likeness (QED) is 0.301. The Bertz CT molecular complexity index is 1140. The van der Waals surface area contributed by atoms with Crippen molar-refractivity contribution in [3.8, 4) is 0 Å². The standard InChI is InChI=1S/C27H30N2O7S/c1-17(28-26(33)36-15-19-12-8-5-9-13-19)24(31)35-16-20-22(30)29-21(27(2,3)37-23(20)29)25(32)34-14-18-10-6-4-7-11-18/h4-13,17,20-21,23H,14-16H2,1-3H3,(H,28,33)/t17-,20+,21-,23+/m0/s1. The van der Waals surface area contributed by atoms with Crippen LogP contribution in [0.4, 0.5) is 4.79 Å². The van der Waals surface area contributed by atoms with E-state index in [9.17, 15) is 19.2 Å². The molecule has 1 N–H and O–H groups in total. The zero-order chi connectivity index (χ0) is 26.6. The number of β-lactam (4-membered cyclic amide) rings is 1. The summed E-state index contributed by atoms with van der Waals surface area (Å²) < 4.78 is 15.4. The van der Waals surface area contributed by atoms with Gasteiger partial charge in [0.05, 0.1) is 5.37 Å². The molecule has 0 radical (unpaired) electrons. The number of hydrogen-bond donors (Lipinski definition) is 1. The first-order valence-electron chi connectivity index (χ1n) is 12.0. The second-order valence-corrected chi connectivity index (χ2v) is 11.3. The fourth-order valence-electron chi connectivity index (χ4n) is 4.33. The Kier molecular flexibility index (Phi) is 8.06. The number of fused-ring (bicyclic) bond motifs is 1. The zero-order valence-electron chi connectivity index (χ0n) is 20.9. The Morgan fingerprint density at radius 2 is 1.51 bits per heavy atom.